The number of hydrogen-bond donors (Lipinski definition) is 0. The van der Waals surface area contributed by atoms with E-state index in [1.165, 1.54) is 0 Å². The molecule has 2 rings (SSSR count). The summed E-state index contributed by atoms with van der Waals surface area (Å²) in [7, 11) is 0. The normalized spacial score (nSPS) is 23.1. The highest BCUT2D eigenvalue weighted by molar-refractivity contribution is 6.55. The molecule has 0 heterocycles. The molecule has 0 saturated heterocycles. The molecule has 0 spiro atoms. The summed E-state index contributed by atoms with van der Waals surface area (Å²) in [6.45, 7) is 3.95. The van der Waals surface area contributed by atoms with Crippen LogP contribution in [0.5, 0.6) is 5.75 Å². The van der Waals surface area contributed by atoms with Gasteiger partial charge in [-0.05, 0) is 47.4 Å². The quantitative estimate of drug-likeness (QED) is 0.614. The number of alkyl halides is 3. The summed E-state index contributed by atoms with van der Waals surface area (Å²) >= 11 is 11.3. The minimum Gasteiger partial charge on any atom is -0.406 e. The van der Waals surface area contributed by atoms with Crippen molar-refractivity contribution in [1.29, 1.82) is 0 Å². The molecule has 1 aromatic rings. The third kappa shape index (κ3) is 4.07. The summed E-state index contributed by atoms with van der Waals surface area (Å²) in [5.41, 5.74) is 0.0453. The summed E-state index contributed by atoms with van der Waals surface area (Å²) in [5.74, 6) is -0.874. The van der Waals surface area contributed by atoms with Gasteiger partial charge in [0, 0.05) is 0 Å². The number of benzene rings is 1. The molecule has 0 amide bonds. The van der Waals surface area contributed by atoms with Gasteiger partial charge in [-0.25, -0.2) is 4.39 Å². The van der Waals surface area contributed by atoms with Crippen LogP contribution in [0.1, 0.15) is 19.4 Å². The Balaban J connectivity index is 2.17. The van der Waals surface area contributed by atoms with Crippen LogP contribution in [0.3, 0.4) is 0 Å². The largest absolute Gasteiger partial charge is 0.573 e. The molecular weight excluding hydrogens is 343 g/mol. The van der Waals surface area contributed by atoms with E-state index in [4.69, 9.17) is 23.2 Å². The summed E-state index contributed by atoms with van der Waals surface area (Å²) in [5, 5.41) is 0. The predicted molar refractivity (Wildman–Crippen MR) is 77.3 cm³/mol. The predicted octanol–water partition coefficient (Wildman–Crippen LogP) is 5.86. The molecule has 1 aliphatic carbocycles. The summed E-state index contributed by atoms with van der Waals surface area (Å²) in [4.78, 5) is 0. The molecule has 1 aliphatic rings. The second kappa shape index (κ2) is 5.93. The topological polar surface area (TPSA) is 9.23 Å². The van der Waals surface area contributed by atoms with E-state index in [9.17, 15) is 17.6 Å². The lowest BCUT2D eigenvalue weighted by Gasteiger charge is -2.11. The summed E-state index contributed by atoms with van der Waals surface area (Å²) in [6.07, 6.45) is -2.83. The van der Waals surface area contributed by atoms with Crippen molar-refractivity contribution < 1.29 is 22.3 Å². The molecule has 2 atom stereocenters. The van der Waals surface area contributed by atoms with E-state index < -0.39 is 17.9 Å². The van der Waals surface area contributed by atoms with Crippen molar-refractivity contribution in [1.82, 2.24) is 0 Å². The fraction of sp³-hybridized carbons (Fsp3) is 0.467. The van der Waals surface area contributed by atoms with E-state index >= 15 is 0 Å². The van der Waals surface area contributed by atoms with Gasteiger partial charge in [-0.2, -0.15) is 0 Å². The van der Waals surface area contributed by atoms with Crippen molar-refractivity contribution in [2.75, 3.05) is 0 Å². The first-order valence-electron chi connectivity index (χ1n) is 6.57. The molecule has 1 nitrogen and oxygen atoms in total. The number of halogens is 6. The lowest BCUT2D eigenvalue weighted by atomic mass is 10.0. The van der Waals surface area contributed by atoms with Crippen LogP contribution in [-0.2, 0) is 6.42 Å². The Morgan fingerprint density at radius 2 is 1.95 bits per heavy atom. The average molecular weight is 357 g/mol. The molecule has 0 aromatic heterocycles. The third-order valence-electron chi connectivity index (χ3n) is 4.14. The Kier molecular flexibility index (Phi) is 4.69. The van der Waals surface area contributed by atoms with Crippen LogP contribution in [0.25, 0.3) is 0 Å². The third-order valence-corrected chi connectivity index (χ3v) is 4.39. The molecule has 0 radical (unpaired) electrons. The first kappa shape index (κ1) is 17.4. The van der Waals surface area contributed by atoms with Gasteiger partial charge in [0.2, 0.25) is 0 Å². The minimum atomic E-state index is -4.80. The highest BCUT2D eigenvalue weighted by Gasteiger charge is 2.56. The maximum atomic E-state index is 13.8. The van der Waals surface area contributed by atoms with Crippen molar-refractivity contribution in [2.45, 2.75) is 26.6 Å². The Morgan fingerprint density at radius 1 is 1.32 bits per heavy atom. The standard InChI is InChI=1S/C15H14Cl2F4O/c1-14(2)10(11(14)7-13(16)17)6-8-5-9(3-4-12(8)18)22-15(19,20)21/h3-5,7,10-11H,6H2,1-2H3. The van der Waals surface area contributed by atoms with Gasteiger partial charge < -0.3 is 4.74 Å². The Bertz CT molecular complexity index is 592. The van der Waals surface area contributed by atoms with Crippen molar-refractivity contribution in [3.63, 3.8) is 0 Å². The first-order valence-corrected chi connectivity index (χ1v) is 7.33. The maximum absolute atomic E-state index is 13.8. The molecule has 122 valence electrons. The van der Waals surface area contributed by atoms with E-state index in [2.05, 4.69) is 4.74 Å². The molecule has 0 bridgehead atoms. The van der Waals surface area contributed by atoms with Gasteiger partial charge in [0.05, 0.1) is 0 Å². The van der Waals surface area contributed by atoms with Gasteiger partial charge in [0.25, 0.3) is 0 Å². The van der Waals surface area contributed by atoms with Crippen LogP contribution in [0.4, 0.5) is 17.6 Å². The van der Waals surface area contributed by atoms with Crippen LogP contribution >= 0.6 is 23.2 Å². The van der Waals surface area contributed by atoms with Crippen LogP contribution in [-0.4, -0.2) is 6.36 Å². The van der Waals surface area contributed by atoms with E-state index in [1.807, 2.05) is 13.8 Å². The molecule has 2 unspecified atom stereocenters. The first-order chi connectivity index (χ1) is 10.0. The lowest BCUT2D eigenvalue weighted by molar-refractivity contribution is -0.274. The minimum absolute atomic E-state index is 0.0515. The van der Waals surface area contributed by atoms with E-state index in [1.54, 1.807) is 6.08 Å². The zero-order valence-electron chi connectivity index (χ0n) is 11.8. The van der Waals surface area contributed by atoms with E-state index in [0.717, 1.165) is 18.2 Å². The van der Waals surface area contributed by atoms with Gasteiger partial charge in [-0.3, -0.25) is 0 Å². The molecule has 0 aliphatic heterocycles. The number of allylic oxidation sites excluding steroid dienone is 1. The molecule has 7 heteroatoms. The van der Waals surface area contributed by atoms with Crippen LogP contribution in [0.15, 0.2) is 28.8 Å². The summed E-state index contributed by atoms with van der Waals surface area (Å²) in [6, 6.07) is 3.02. The fourth-order valence-electron chi connectivity index (χ4n) is 2.78. The highest BCUT2D eigenvalue weighted by atomic mass is 35.5. The van der Waals surface area contributed by atoms with Gasteiger partial charge in [0.1, 0.15) is 16.1 Å². The van der Waals surface area contributed by atoms with Gasteiger partial charge in [-0.15, -0.1) is 13.2 Å². The van der Waals surface area contributed by atoms with Crippen molar-refractivity contribution >= 4 is 23.2 Å². The van der Waals surface area contributed by atoms with Crippen molar-refractivity contribution in [3.05, 3.63) is 40.1 Å². The van der Waals surface area contributed by atoms with Crippen molar-refractivity contribution in [2.24, 2.45) is 17.3 Å². The van der Waals surface area contributed by atoms with E-state index in [-0.39, 0.29) is 33.7 Å². The van der Waals surface area contributed by atoms with E-state index in [0.29, 0.717) is 0 Å². The zero-order valence-corrected chi connectivity index (χ0v) is 13.4. The van der Waals surface area contributed by atoms with Gasteiger partial charge >= 0.3 is 6.36 Å². The molecule has 0 N–H and O–H groups in total. The van der Waals surface area contributed by atoms with Crippen molar-refractivity contribution in [3.8, 4) is 5.75 Å². The highest BCUT2D eigenvalue weighted by Crippen LogP contribution is 2.61. The average Bonchev–Trinajstić information content (AvgIpc) is 2.82. The van der Waals surface area contributed by atoms with Gasteiger partial charge in [0.15, 0.2) is 0 Å². The zero-order chi connectivity index (χ0) is 16.7. The smallest absolute Gasteiger partial charge is 0.406 e. The monoisotopic (exact) mass is 356 g/mol. The Morgan fingerprint density at radius 3 is 2.50 bits per heavy atom. The van der Waals surface area contributed by atoms with Crippen LogP contribution in [0, 0.1) is 23.1 Å². The Hall–Kier alpha value is -0.940. The number of hydrogen-bond acceptors (Lipinski definition) is 1. The second-order valence-electron chi connectivity index (χ2n) is 5.92. The lowest BCUT2D eigenvalue weighted by Crippen LogP contribution is -2.17. The Labute approximate surface area is 135 Å². The molecule has 1 saturated carbocycles. The fourth-order valence-corrected chi connectivity index (χ4v) is 3.06. The second-order valence-corrected chi connectivity index (χ2v) is 6.92. The maximum Gasteiger partial charge on any atom is 0.573 e. The van der Waals surface area contributed by atoms with Crippen LogP contribution < -0.4 is 4.74 Å². The number of ether oxygens (including phenoxy) is 1. The SMILES string of the molecule is CC1(C)C(C=C(Cl)Cl)C1Cc1cc(OC(F)(F)F)ccc1F. The molecule has 1 fully saturated rings. The molecular formula is C15H14Cl2F4O. The molecule has 1 aromatic carbocycles. The number of rotatable bonds is 4. The summed E-state index contributed by atoms with van der Waals surface area (Å²) < 4.78 is 54.5. The molecule has 22 heavy (non-hydrogen) atoms. The van der Waals surface area contributed by atoms with Crippen LogP contribution in [0.2, 0.25) is 0 Å². The van der Waals surface area contributed by atoms with Gasteiger partial charge in [-0.1, -0.05) is 43.1 Å².